The lowest BCUT2D eigenvalue weighted by Crippen LogP contribution is -2.13. The number of hydrogen-bond acceptors (Lipinski definition) is 2. The Labute approximate surface area is 78.6 Å². The van der Waals surface area contributed by atoms with Crippen molar-refractivity contribution in [2.75, 3.05) is 6.54 Å². The molecule has 0 spiro atoms. The molecule has 1 heterocycles. The number of thiophene rings is 1. The molecule has 0 aliphatic rings. The van der Waals surface area contributed by atoms with E-state index in [4.69, 9.17) is 5.73 Å². The normalized spacial score (nSPS) is 13.2. The van der Waals surface area contributed by atoms with Gasteiger partial charge in [-0.25, -0.2) is 0 Å². The van der Waals surface area contributed by atoms with Crippen LogP contribution in [-0.2, 0) is 6.42 Å². The molecule has 1 rings (SSSR count). The van der Waals surface area contributed by atoms with Gasteiger partial charge in [-0.1, -0.05) is 19.4 Å². The third-order valence-corrected chi connectivity index (χ3v) is 3.23. The monoisotopic (exact) mass is 183 g/mol. The van der Waals surface area contributed by atoms with Crippen molar-refractivity contribution >= 4 is 11.3 Å². The molecule has 0 saturated heterocycles. The van der Waals surface area contributed by atoms with Crippen LogP contribution < -0.4 is 5.73 Å². The minimum Gasteiger partial charge on any atom is -0.330 e. The van der Waals surface area contributed by atoms with Gasteiger partial charge in [-0.15, -0.1) is 11.3 Å². The molecule has 0 saturated carbocycles. The summed E-state index contributed by atoms with van der Waals surface area (Å²) in [5.74, 6) is 0.715. The first-order valence-corrected chi connectivity index (χ1v) is 5.47. The van der Waals surface area contributed by atoms with Crippen molar-refractivity contribution in [2.24, 2.45) is 11.7 Å². The highest BCUT2D eigenvalue weighted by Gasteiger charge is 2.03. The molecule has 0 radical (unpaired) electrons. The highest BCUT2D eigenvalue weighted by atomic mass is 32.1. The van der Waals surface area contributed by atoms with Crippen molar-refractivity contribution < 1.29 is 0 Å². The number of aryl methyl sites for hydroxylation is 1. The lowest BCUT2D eigenvalue weighted by Gasteiger charge is -2.10. The summed E-state index contributed by atoms with van der Waals surface area (Å²) in [5.41, 5.74) is 5.63. The van der Waals surface area contributed by atoms with Gasteiger partial charge in [-0.3, -0.25) is 0 Å². The third-order valence-electron chi connectivity index (χ3n) is 2.29. The van der Waals surface area contributed by atoms with E-state index in [0.29, 0.717) is 5.92 Å². The maximum atomic E-state index is 5.63. The fourth-order valence-corrected chi connectivity index (χ4v) is 2.01. The van der Waals surface area contributed by atoms with Crippen LogP contribution in [0.2, 0.25) is 0 Å². The molecule has 2 N–H and O–H groups in total. The molecule has 1 aromatic heterocycles. The van der Waals surface area contributed by atoms with Gasteiger partial charge in [0.05, 0.1) is 0 Å². The minimum atomic E-state index is 0.715. The Bertz CT molecular complexity index is 190. The van der Waals surface area contributed by atoms with E-state index in [-0.39, 0.29) is 0 Å². The van der Waals surface area contributed by atoms with Gasteiger partial charge in [0.15, 0.2) is 0 Å². The summed E-state index contributed by atoms with van der Waals surface area (Å²) in [4.78, 5) is 1.49. The molecule has 1 atom stereocenters. The van der Waals surface area contributed by atoms with Crippen LogP contribution in [0.15, 0.2) is 17.5 Å². The molecule has 1 aromatic rings. The Morgan fingerprint density at radius 2 is 2.42 bits per heavy atom. The smallest absolute Gasteiger partial charge is 0.00453 e. The molecule has 0 fully saturated rings. The van der Waals surface area contributed by atoms with Crippen molar-refractivity contribution in [3.63, 3.8) is 0 Å². The van der Waals surface area contributed by atoms with Gasteiger partial charge in [-0.2, -0.15) is 0 Å². The molecular weight excluding hydrogens is 166 g/mol. The maximum Gasteiger partial charge on any atom is 0.00453 e. The molecule has 12 heavy (non-hydrogen) atoms. The Morgan fingerprint density at radius 1 is 1.58 bits per heavy atom. The van der Waals surface area contributed by atoms with E-state index < -0.39 is 0 Å². The SMILES string of the molecule is CCC(CN)CCc1cccs1. The van der Waals surface area contributed by atoms with E-state index in [2.05, 4.69) is 24.4 Å². The van der Waals surface area contributed by atoms with Crippen molar-refractivity contribution in [1.29, 1.82) is 0 Å². The zero-order chi connectivity index (χ0) is 8.81. The first-order valence-electron chi connectivity index (χ1n) is 4.59. The molecule has 0 bridgehead atoms. The molecule has 0 amide bonds. The number of rotatable bonds is 5. The fourth-order valence-electron chi connectivity index (χ4n) is 1.29. The van der Waals surface area contributed by atoms with Crippen LogP contribution in [-0.4, -0.2) is 6.54 Å². The largest absolute Gasteiger partial charge is 0.330 e. The van der Waals surface area contributed by atoms with Gasteiger partial charge in [0.2, 0.25) is 0 Å². The van der Waals surface area contributed by atoms with Crippen LogP contribution >= 0.6 is 11.3 Å². The van der Waals surface area contributed by atoms with Gasteiger partial charge >= 0.3 is 0 Å². The molecule has 0 aliphatic heterocycles. The van der Waals surface area contributed by atoms with Crippen LogP contribution in [0.1, 0.15) is 24.6 Å². The van der Waals surface area contributed by atoms with E-state index in [0.717, 1.165) is 6.54 Å². The summed E-state index contributed by atoms with van der Waals surface area (Å²) in [6, 6.07) is 4.32. The Morgan fingerprint density at radius 3 is 2.92 bits per heavy atom. The van der Waals surface area contributed by atoms with Gasteiger partial charge in [-0.05, 0) is 36.8 Å². The van der Waals surface area contributed by atoms with E-state index in [1.807, 2.05) is 11.3 Å². The summed E-state index contributed by atoms with van der Waals surface area (Å²) >= 11 is 1.85. The summed E-state index contributed by atoms with van der Waals surface area (Å²) in [6.07, 6.45) is 3.66. The van der Waals surface area contributed by atoms with E-state index in [1.54, 1.807) is 0 Å². The molecule has 0 aromatic carbocycles. The zero-order valence-corrected chi connectivity index (χ0v) is 8.44. The lowest BCUT2D eigenvalue weighted by atomic mass is 10.0. The second-order valence-corrected chi connectivity index (χ2v) is 4.16. The standard InChI is InChI=1S/C10H17NS/c1-2-9(8-11)5-6-10-4-3-7-12-10/h3-4,7,9H,2,5-6,8,11H2,1H3. The van der Waals surface area contributed by atoms with Gasteiger partial charge < -0.3 is 5.73 Å². The Balaban J connectivity index is 2.25. The van der Waals surface area contributed by atoms with Crippen LogP contribution in [0.4, 0.5) is 0 Å². The van der Waals surface area contributed by atoms with Crippen LogP contribution in [0.3, 0.4) is 0 Å². The highest BCUT2D eigenvalue weighted by molar-refractivity contribution is 7.09. The topological polar surface area (TPSA) is 26.0 Å². The van der Waals surface area contributed by atoms with E-state index >= 15 is 0 Å². The summed E-state index contributed by atoms with van der Waals surface area (Å²) in [7, 11) is 0. The first-order chi connectivity index (χ1) is 5.86. The van der Waals surface area contributed by atoms with Gasteiger partial charge in [0, 0.05) is 4.88 Å². The zero-order valence-electron chi connectivity index (χ0n) is 7.62. The number of hydrogen-bond donors (Lipinski definition) is 1. The van der Waals surface area contributed by atoms with Gasteiger partial charge in [0.1, 0.15) is 0 Å². The average Bonchev–Trinajstić information content (AvgIpc) is 2.59. The maximum absolute atomic E-state index is 5.63. The first kappa shape index (κ1) is 9.75. The number of nitrogens with two attached hydrogens (primary N) is 1. The van der Waals surface area contributed by atoms with Crippen molar-refractivity contribution in [2.45, 2.75) is 26.2 Å². The second-order valence-electron chi connectivity index (χ2n) is 3.13. The fraction of sp³-hybridized carbons (Fsp3) is 0.600. The predicted octanol–water partition coefficient (Wildman–Crippen LogP) is 2.67. The van der Waals surface area contributed by atoms with E-state index in [9.17, 15) is 0 Å². The summed E-state index contributed by atoms with van der Waals surface area (Å²) < 4.78 is 0. The van der Waals surface area contributed by atoms with Crippen molar-refractivity contribution in [3.05, 3.63) is 22.4 Å². The molecule has 1 unspecified atom stereocenters. The van der Waals surface area contributed by atoms with Crippen LogP contribution in [0, 0.1) is 5.92 Å². The summed E-state index contributed by atoms with van der Waals surface area (Å²) in [5, 5.41) is 2.14. The highest BCUT2D eigenvalue weighted by Crippen LogP contribution is 2.15. The molecule has 68 valence electrons. The van der Waals surface area contributed by atoms with E-state index in [1.165, 1.54) is 24.1 Å². The molecule has 1 nitrogen and oxygen atoms in total. The average molecular weight is 183 g/mol. The van der Waals surface area contributed by atoms with Crippen molar-refractivity contribution in [1.82, 2.24) is 0 Å². The lowest BCUT2D eigenvalue weighted by molar-refractivity contribution is 0.483. The van der Waals surface area contributed by atoms with Crippen LogP contribution in [0.25, 0.3) is 0 Å². The Hall–Kier alpha value is -0.340. The molecular formula is C10H17NS. The Kier molecular flexibility index (Phi) is 4.33. The van der Waals surface area contributed by atoms with Crippen molar-refractivity contribution in [3.8, 4) is 0 Å². The third kappa shape index (κ3) is 2.95. The van der Waals surface area contributed by atoms with Gasteiger partial charge in [0.25, 0.3) is 0 Å². The summed E-state index contributed by atoms with van der Waals surface area (Å²) in [6.45, 7) is 3.05. The second kappa shape index (κ2) is 5.33. The quantitative estimate of drug-likeness (QED) is 0.746. The van der Waals surface area contributed by atoms with Crippen LogP contribution in [0.5, 0.6) is 0 Å². The molecule has 0 aliphatic carbocycles. The predicted molar refractivity (Wildman–Crippen MR) is 55.5 cm³/mol. The minimum absolute atomic E-state index is 0.715. The molecule has 2 heteroatoms.